The minimum Gasteiger partial charge on any atom is -0.507 e. The summed E-state index contributed by atoms with van der Waals surface area (Å²) in [5.41, 5.74) is 3.57. The molecule has 0 saturated carbocycles. The number of nitrogens with zero attached hydrogens (tertiary/aromatic N) is 2. The van der Waals surface area contributed by atoms with Gasteiger partial charge in [-0.3, -0.25) is 14.5 Å². The Morgan fingerprint density at radius 3 is 2.68 bits per heavy atom. The highest BCUT2D eigenvalue weighted by atomic mass is 32.1. The number of Topliss-reactive ketones (excluding diaryl/α,β-unsaturated/α-hetero) is 1. The van der Waals surface area contributed by atoms with Crippen LogP contribution < -0.4 is 14.4 Å². The van der Waals surface area contributed by atoms with E-state index in [0.717, 1.165) is 21.3 Å². The predicted molar refractivity (Wildman–Crippen MR) is 149 cm³/mol. The number of hydrogen-bond acceptors (Lipinski definition) is 7. The fraction of sp³-hybridized carbons (Fsp3) is 0.167. The number of fused-ring (bicyclic) bond motifs is 1. The third-order valence-corrected chi connectivity index (χ3v) is 7.41. The Balaban J connectivity index is 1.71. The van der Waals surface area contributed by atoms with Gasteiger partial charge >= 0.3 is 5.91 Å². The van der Waals surface area contributed by atoms with Gasteiger partial charge in [0.25, 0.3) is 5.78 Å². The van der Waals surface area contributed by atoms with Crippen LogP contribution in [-0.4, -0.2) is 35.5 Å². The average molecular weight is 527 g/mol. The summed E-state index contributed by atoms with van der Waals surface area (Å²) in [6.07, 6.45) is 1.63. The van der Waals surface area contributed by atoms with E-state index in [1.54, 1.807) is 55.7 Å². The Bertz CT molecular complexity index is 1620. The van der Waals surface area contributed by atoms with Gasteiger partial charge in [-0.25, -0.2) is 4.98 Å². The fourth-order valence-corrected chi connectivity index (χ4v) is 5.67. The first-order valence-electron chi connectivity index (χ1n) is 12.0. The predicted octanol–water partition coefficient (Wildman–Crippen LogP) is 6.11. The van der Waals surface area contributed by atoms with E-state index in [1.165, 1.54) is 16.2 Å². The second-order valence-electron chi connectivity index (χ2n) is 8.99. The molecule has 1 aliphatic rings. The summed E-state index contributed by atoms with van der Waals surface area (Å²) in [6.45, 7) is 7.81. The van der Waals surface area contributed by atoms with E-state index in [1.807, 2.05) is 32.0 Å². The third kappa shape index (κ3) is 4.43. The zero-order chi connectivity index (χ0) is 27.0. The molecule has 1 aromatic heterocycles. The maximum Gasteiger partial charge on any atom is 0.301 e. The number of rotatable bonds is 7. The molecule has 4 aromatic rings. The van der Waals surface area contributed by atoms with E-state index in [9.17, 15) is 14.7 Å². The molecule has 0 bridgehead atoms. The van der Waals surface area contributed by atoms with Gasteiger partial charge < -0.3 is 14.6 Å². The van der Waals surface area contributed by atoms with Crippen molar-refractivity contribution < 1.29 is 24.2 Å². The molecule has 1 unspecified atom stereocenters. The lowest BCUT2D eigenvalue weighted by molar-refractivity contribution is -0.132. The normalized spacial score (nSPS) is 16.7. The maximum absolute atomic E-state index is 13.5. The minimum absolute atomic E-state index is 0.0177. The molecule has 1 saturated heterocycles. The molecule has 8 heteroatoms. The van der Waals surface area contributed by atoms with E-state index in [0.29, 0.717) is 34.4 Å². The van der Waals surface area contributed by atoms with Gasteiger partial charge in [-0.05, 0) is 73.0 Å². The van der Waals surface area contributed by atoms with Crippen LogP contribution in [0.2, 0.25) is 0 Å². The van der Waals surface area contributed by atoms with Crippen molar-refractivity contribution in [1.82, 2.24) is 4.98 Å². The molecule has 7 nitrogen and oxygen atoms in total. The topological polar surface area (TPSA) is 89.0 Å². The first-order chi connectivity index (χ1) is 18.3. The molecular weight excluding hydrogens is 500 g/mol. The molecule has 38 heavy (non-hydrogen) atoms. The van der Waals surface area contributed by atoms with Gasteiger partial charge in [0.15, 0.2) is 5.13 Å². The van der Waals surface area contributed by atoms with Crippen LogP contribution in [0.25, 0.3) is 16.0 Å². The number of carbonyl (C=O) groups excluding carboxylic acids is 2. The van der Waals surface area contributed by atoms with Gasteiger partial charge in [0.05, 0.1) is 28.9 Å². The minimum atomic E-state index is -0.911. The third-order valence-electron chi connectivity index (χ3n) is 6.39. The van der Waals surface area contributed by atoms with Crippen LogP contribution in [0.15, 0.2) is 78.9 Å². The Kier molecular flexibility index (Phi) is 6.73. The van der Waals surface area contributed by atoms with Gasteiger partial charge in [-0.2, -0.15) is 0 Å². The first kappa shape index (κ1) is 25.2. The fourth-order valence-electron chi connectivity index (χ4n) is 4.58. The SMILES string of the molecule is C=CCOc1cccc(C2C(=C(O)c3ccc(OC)c(C)c3)C(=O)C(=O)N2c2nc3ccc(C)cc3s2)c1. The number of aryl methyl sites for hydroxylation is 2. The van der Waals surface area contributed by atoms with E-state index >= 15 is 0 Å². The van der Waals surface area contributed by atoms with Crippen LogP contribution in [0, 0.1) is 13.8 Å². The summed E-state index contributed by atoms with van der Waals surface area (Å²) >= 11 is 1.32. The number of aromatic nitrogens is 1. The van der Waals surface area contributed by atoms with Crippen LogP contribution in [0.4, 0.5) is 5.13 Å². The van der Waals surface area contributed by atoms with Crippen LogP contribution in [0.1, 0.15) is 28.3 Å². The molecule has 1 aliphatic heterocycles. The van der Waals surface area contributed by atoms with Crippen molar-refractivity contribution in [1.29, 1.82) is 0 Å². The van der Waals surface area contributed by atoms with Crippen molar-refractivity contribution in [2.75, 3.05) is 18.6 Å². The molecule has 1 fully saturated rings. The highest BCUT2D eigenvalue weighted by Crippen LogP contribution is 2.45. The molecule has 1 N–H and O–H groups in total. The number of aliphatic hydroxyl groups excluding tert-OH is 1. The van der Waals surface area contributed by atoms with Crippen molar-refractivity contribution in [2.45, 2.75) is 19.9 Å². The highest BCUT2D eigenvalue weighted by Gasteiger charge is 2.48. The molecule has 0 aliphatic carbocycles. The van der Waals surface area contributed by atoms with Crippen LogP contribution >= 0.6 is 11.3 Å². The number of carbonyl (C=O) groups is 2. The van der Waals surface area contributed by atoms with Gasteiger partial charge in [-0.15, -0.1) is 0 Å². The first-order valence-corrected chi connectivity index (χ1v) is 12.8. The lowest BCUT2D eigenvalue weighted by Gasteiger charge is -2.23. The number of methoxy groups -OCH3 is 1. The summed E-state index contributed by atoms with van der Waals surface area (Å²) in [4.78, 5) is 33.1. The second kappa shape index (κ2) is 10.1. The van der Waals surface area contributed by atoms with Crippen molar-refractivity contribution in [3.05, 3.63) is 101 Å². The van der Waals surface area contributed by atoms with Crippen molar-refractivity contribution in [3.63, 3.8) is 0 Å². The van der Waals surface area contributed by atoms with E-state index < -0.39 is 17.7 Å². The number of anilines is 1. The summed E-state index contributed by atoms with van der Waals surface area (Å²) in [6, 6.07) is 17.2. The summed E-state index contributed by atoms with van der Waals surface area (Å²) < 4.78 is 12.0. The number of thiazole rings is 1. The number of benzene rings is 3. The van der Waals surface area contributed by atoms with Crippen LogP contribution in [-0.2, 0) is 9.59 Å². The summed E-state index contributed by atoms with van der Waals surface area (Å²) in [5.74, 6) is -0.608. The standard InChI is InChI=1S/C30H26N2O5S/c1-5-13-37-21-8-6-7-19(16-21)26-25(27(33)20-10-12-23(36-4)18(3)15-20)28(34)29(35)32(26)30-31-22-11-9-17(2)14-24(22)38-30/h5-12,14-16,26,33H,1,13H2,2-4H3. The number of aliphatic hydroxyl groups is 1. The van der Waals surface area contributed by atoms with Crippen molar-refractivity contribution >= 4 is 44.1 Å². The molecule has 3 aromatic carbocycles. The molecule has 1 atom stereocenters. The van der Waals surface area contributed by atoms with Gasteiger partial charge in [0.1, 0.15) is 23.9 Å². The highest BCUT2D eigenvalue weighted by molar-refractivity contribution is 7.22. The average Bonchev–Trinajstić information content (AvgIpc) is 3.44. The van der Waals surface area contributed by atoms with E-state index in [2.05, 4.69) is 11.6 Å². The summed E-state index contributed by atoms with van der Waals surface area (Å²) in [7, 11) is 1.56. The largest absolute Gasteiger partial charge is 0.507 e. The van der Waals surface area contributed by atoms with Gasteiger partial charge in [-0.1, -0.05) is 42.2 Å². The lowest BCUT2D eigenvalue weighted by Crippen LogP contribution is -2.29. The Morgan fingerprint density at radius 2 is 1.95 bits per heavy atom. The number of ketones is 1. The van der Waals surface area contributed by atoms with Gasteiger partial charge in [0, 0.05) is 5.56 Å². The Morgan fingerprint density at radius 1 is 1.13 bits per heavy atom. The monoisotopic (exact) mass is 526 g/mol. The molecule has 0 radical (unpaired) electrons. The van der Waals surface area contributed by atoms with Crippen LogP contribution in [0.3, 0.4) is 0 Å². The van der Waals surface area contributed by atoms with Crippen molar-refractivity contribution in [3.8, 4) is 11.5 Å². The molecule has 5 rings (SSSR count). The zero-order valence-electron chi connectivity index (χ0n) is 21.2. The van der Waals surface area contributed by atoms with Crippen molar-refractivity contribution in [2.24, 2.45) is 0 Å². The van der Waals surface area contributed by atoms with E-state index in [-0.39, 0.29) is 11.3 Å². The molecule has 0 spiro atoms. The summed E-state index contributed by atoms with van der Waals surface area (Å²) in [5, 5.41) is 11.8. The molecule has 192 valence electrons. The van der Waals surface area contributed by atoms with Crippen LogP contribution in [0.5, 0.6) is 11.5 Å². The second-order valence-corrected chi connectivity index (χ2v) is 10.0. The molecule has 1 amide bonds. The van der Waals surface area contributed by atoms with E-state index in [4.69, 9.17) is 9.47 Å². The number of amides is 1. The number of hydrogen-bond donors (Lipinski definition) is 1. The lowest BCUT2D eigenvalue weighted by atomic mass is 9.94. The number of ether oxygens (including phenoxy) is 2. The molecule has 2 heterocycles. The quantitative estimate of drug-likeness (QED) is 0.135. The zero-order valence-corrected chi connectivity index (χ0v) is 22.0. The Hall–Kier alpha value is -4.43. The maximum atomic E-state index is 13.5. The Labute approximate surface area is 224 Å². The molecular formula is C30H26N2O5S. The smallest absolute Gasteiger partial charge is 0.301 e. The van der Waals surface area contributed by atoms with Gasteiger partial charge in [0.2, 0.25) is 0 Å².